The summed E-state index contributed by atoms with van der Waals surface area (Å²) in [7, 11) is 0. The summed E-state index contributed by atoms with van der Waals surface area (Å²) >= 11 is 3.18. The van der Waals surface area contributed by atoms with E-state index in [1.54, 1.807) is 0 Å². The highest BCUT2D eigenvalue weighted by Crippen LogP contribution is 2.12. The second-order valence-corrected chi connectivity index (χ2v) is 3.58. The van der Waals surface area contributed by atoms with Crippen LogP contribution in [0.4, 0.5) is 0 Å². The summed E-state index contributed by atoms with van der Waals surface area (Å²) in [6, 6.07) is 0. The van der Waals surface area contributed by atoms with E-state index in [1.165, 1.54) is 0 Å². The van der Waals surface area contributed by atoms with Gasteiger partial charge in [-0.05, 0) is 20.3 Å². The van der Waals surface area contributed by atoms with E-state index < -0.39 is 0 Å². The van der Waals surface area contributed by atoms with Crippen LogP contribution in [0.25, 0.3) is 0 Å². The highest BCUT2D eigenvalue weighted by atomic mass is 79.9. The Bertz CT molecular complexity index is 70.9. The van der Waals surface area contributed by atoms with Crippen LogP contribution in [-0.4, -0.2) is 4.32 Å². The highest BCUT2D eigenvalue weighted by Gasteiger charge is 2.04. The minimum absolute atomic E-state index is 0.229. The number of rotatable bonds is 0. The van der Waals surface area contributed by atoms with E-state index in [-0.39, 0.29) is 4.32 Å². The summed E-state index contributed by atoms with van der Waals surface area (Å²) in [6.07, 6.45) is 6.56. The van der Waals surface area contributed by atoms with Crippen molar-refractivity contribution >= 4 is 15.9 Å². The second kappa shape index (κ2) is 1.66. The van der Waals surface area contributed by atoms with E-state index in [0.29, 0.717) is 0 Å². The average Bonchev–Trinajstić information content (AvgIpc) is 1.35. The predicted molar refractivity (Wildman–Crippen MR) is 30.1 cm³/mol. The highest BCUT2D eigenvalue weighted by molar-refractivity contribution is 9.10. The minimum Gasteiger partial charge on any atom is -0.0717 e. The van der Waals surface area contributed by atoms with Crippen LogP contribution in [-0.2, 0) is 0 Å². The maximum Gasteiger partial charge on any atom is 0.0816 e. The molecule has 0 N–H and O–H groups in total. The Hall–Kier alpha value is 0.0400. The van der Waals surface area contributed by atoms with Crippen molar-refractivity contribution in [3.63, 3.8) is 0 Å². The van der Waals surface area contributed by atoms with Crippen molar-refractivity contribution < 1.29 is 0 Å². The Morgan fingerprint density at radius 3 is 1.83 bits per heavy atom. The fourth-order valence-corrected chi connectivity index (χ4v) is 0. The zero-order chi connectivity index (χ0) is 5.21. The molecule has 0 aromatic carbocycles. The molecule has 0 saturated carbocycles. The van der Waals surface area contributed by atoms with Crippen LogP contribution in [0.3, 0.4) is 0 Å². The molecule has 1 heteroatoms. The molecule has 0 aliphatic carbocycles. The van der Waals surface area contributed by atoms with Crippen LogP contribution in [0.15, 0.2) is 0 Å². The summed E-state index contributed by atoms with van der Waals surface area (Å²) in [4.78, 5) is 0. The van der Waals surface area contributed by atoms with E-state index in [4.69, 9.17) is 6.42 Å². The largest absolute Gasteiger partial charge is 0.0816 e. The van der Waals surface area contributed by atoms with Crippen molar-refractivity contribution in [3.05, 3.63) is 6.42 Å². The molecule has 0 spiro atoms. The molecule has 0 heterocycles. The van der Waals surface area contributed by atoms with Crippen LogP contribution in [0.2, 0.25) is 0 Å². The smallest absolute Gasteiger partial charge is 0.0717 e. The van der Waals surface area contributed by atoms with Gasteiger partial charge in [0.1, 0.15) is 0 Å². The maximum absolute atomic E-state index is 6.56. The average molecular weight is 146 g/mol. The molecule has 1 radical (unpaired) electrons. The molecular formula is C5H6Br. The number of halogens is 1. The van der Waals surface area contributed by atoms with E-state index in [1.807, 2.05) is 13.8 Å². The van der Waals surface area contributed by atoms with Gasteiger partial charge in [-0.3, -0.25) is 0 Å². The van der Waals surface area contributed by atoms with Gasteiger partial charge in [0, 0.05) is 0 Å². The van der Waals surface area contributed by atoms with Crippen molar-refractivity contribution in [2.24, 2.45) is 0 Å². The molecule has 0 saturated heterocycles. The van der Waals surface area contributed by atoms with Gasteiger partial charge in [-0.2, -0.15) is 0 Å². The Morgan fingerprint density at radius 1 is 1.67 bits per heavy atom. The van der Waals surface area contributed by atoms with Crippen LogP contribution in [0.5, 0.6) is 0 Å². The van der Waals surface area contributed by atoms with Crippen LogP contribution >= 0.6 is 15.9 Å². The van der Waals surface area contributed by atoms with Crippen molar-refractivity contribution in [2.75, 3.05) is 0 Å². The zero-order valence-electron chi connectivity index (χ0n) is 3.88. The summed E-state index contributed by atoms with van der Waals surface area (Å²) in [6.45, 7) is 3.72. The molecule has 0 unspecified atom stereocenters. The van der Waals surface area contributed by atoms with Gasteiger partial charge in [-0.1, -0.05) is 21.9 Å². The first-order valence-corrected chi connectivity index (χ1v) is 2.48. The van der Waals surface area contributed by atoms with Gasteiger partial charge in [0.05, 0.1) is 4.32 Å². The first-order chi connectivity index (χ1) is 2.56. The molecule has 0 rings (SSSR count). The maximum atomic E-state index is 6.56. The molecule has 33 valence electrons. The molecule has 6 heavy (non-hydrogen) atoms. The van der Waals surface area contributed by atoms with Gasteiger partial charge >= 0.3 is 0 Å². The summed E-state index contributed by atoms with van der Waals surface area (Å²) in [5.41, 5.74) is 0. The predicted octanol–water partition coefficient (Wildman–Crippen LogP) is 1.75. The molecule has 0 aromatic heterocycles. The molecule has 0 amide bonds. The third-order valence-corrected chi connectivity index (χ3v) is 0.495. The van der Waals surface area contributed by atoms with Gasteiger partial charge < -0.3 is 0 Å². The lowest BCUT2D eigenvalue weighted by Gasteiger charge is -2.01. The monoisotopic (exact) mass is 145 g/mol. The molecular weight excluding hydrogens is 140 g/mol. The summed E-state index contributed by atoms with van der Waals surface area (Å²) in [5.74, 6) is 2.27. The Labute approximate surface area is 47.1 Å². The normalized spacial score (nSPS) is 10.3. The molecule has 0 aliphatic rings. The fraction of sp³-hybridized carbons (Fsp3) is 0.600. The fourth-order valence-electron chi connectivity index (χ4n) is 0. The summed E-state index contributed by atoms with van der Waals surface area (Å²) < 4.78 is -0.229. The van der Waals surface area contributed by atoms with E-state index in [0.717, 1.165) is 0 Å². The lowest BCUT2D eigenvalue weighted by molar-refractivity contribution is 0.956. The Balaban J connectivity index is 3.55. The zero-order valence-corrected chi connectivity index (χ0v) is 5.46. The lowest BCUT2D eigenvalue weighted by Crippen LogP contribution is -2.02. The third kappa shape index (κ3) is 4.04. The molecule has 0 nitrogen and oxygen atoms in total. The van der Waals surface area contributed by atoms with E-state index >= 15 is 0 Å². The van der Waals surface area contributed by atoms with Gasteiger partial charge in [-0.25, -0.2) is 0 Å². The number of hydrogen-bond donors (Lipinski definition) is 0. The number of hydrogen-bond acceptors (Lipinski definition) is 0. The van der Waals surface area contributed by atoms with E-state index in [9.17, 15) is 0 Å². The second-order valence-electron chi connectivity index (χ2n) is 1.60. The van der Waals surface area contributed by atoms with Gasteiger partial charge in [0.2, 0.25) is 0 Å². The van der Waals surface area contributed by atoms with Crippen molar-refractivity contribution in [1.29, 1.82) is 0 Å². The third-order valence-electron chi connectivity index (χ3n) is 0.297. The van der Waals surface area contributed by atoms with Gasteiger partial charge in [0.15, 0.2) is 0 Å². The minimum atomic E-state index is -0.229. The van der Waals surface area contributed by atoms with E-state index in [2.05, 4.69) is 21.9 Å². The molecule has 0 bridgehead atoms. The van der Waals surface area contributed by atoms with Gasteiger partial charge in [-0.15, -0.1) is 0 Å². The first kappa shape index (κ1) is 6.04. The van der Waals surface area contributed by atoms with Crippen LogP contribution in [0.1, 0.15) is 13.8 Å². The molecule has 0 fully saturated rings. The van der Waals surface area contributed by atoms with Crippen molar-refractivity contribution in [2.45, 2.75) is 18.2 Å². The van der Waals surface area contributed by atoms with Crippen LogP contribution in [0, 0.1) is 12.3 Å². The van der Waals surface area contributed by atoms with Gasteiger partial charge in [0.25, 0.3) is 0 Å². The van der Waals surface area contributed by atoms with Crippen molar-refractivity contribution in [1.82, 2.24) is 0 Å². The Kier molecular flexibility index (Phi) is 1.67. The number of alkyl halides is 1. The quantitative estimate of drug-likeness (QED) is 0.360. The molecule has 0 aliphatic heterocycles. The standard InChI is InChI=1S/C5H6Br/c1-4-5(2,3)6/h2-3H3. The van der Waals surface area contributed by atoms with Crippen molar-refractivity contribution in [3.8, 4) is 5.92 Å². The Morgan fingerprint density at radius 2 is 1.83 bits per heavy atom. The lowest BCUT2D eigenvalue weighted by atomic mass is 10.2. The first-order valence-electron chi connectivity index (χ1n) is 1.69. The van der Waals surface area contributed by atoms with Crippen LogP contribution < -0.4 is 0 Å². The molecule has 0 atom stereocenters. The summed E-state index contributed by atoms with van der Waals surface area (Å²) in [5, 5.41) is 0. The topological polar surface area (TPSA) is 0 Å². The SMILES string of the molecule is [C]#CC(C)(C)Br. The molecule has 0 aromatic rings.